The van der Waals surface area contributed by atoms with Crippen LogP contribution in [0.3, 0.4) is 0 Å². The van der Waals surface area contributed by atoms with Crippen LogP contribution in [-0.4, -0.2) is 25.4 Å². The summed E-state index contributed by atoms with van der Waals surface area (Å²) in [6, 6.07) is 4.97. The van der Waals surface area contributed by atoms with Crippen molar-refractivity contribution >= 4 is 5.78 Å². The van der Waals surface area contributed by atoms with Gasteiger partial charge in [0.15, 0.2) is 12.6 Å². The number of carbonyl (C=O) groups is 1. The minimum atomic E-state index is -4.37. The van der Waals surface area contributed by atoms with Crippen molar-refractivity contribution in [1.82, 2.24) is 0 Å². The molecule has 0 radical (unpaired) electrons. The molecule has 0 spiro atoms. The number of aryl methyl sites for hydroxylation is 1. The molecule has 104 valence electrons. The molecule has 1 aliphatic rings. The molecule has 0 saturated carbocycles. The number of hydrogen-bond acceptors (Lipinski definition) is 3. The van der Waals surface area contributed by atoms with Crippen molar-refractivity contribution in [2.45, 2.75) is 25.4 Å². The molecule has 0 saturated heterocycles. The number of rotatable bonds is 4. The molecule has 2 rings (SSSR count). The van der Waals surface area contributed by atoms with Gasteiger partial charge < -0.3 is 9.47 Å². The third kappa shape index (κ3) is 3.96. The van der Waals surface area contributed by atoms with Crippen molar-refractivity contribution in [1.29, 1.82) is 0 Å². The van der Waals surface area contributed by atoms with Gasteiger partial charge in [-0.25, -0.2) is 0 Å². The number of fused-ring (bicyclic) bond motifs is 1. The minimum absolute atomic E-state index is 0.0444. The Morgan fingerprint density at radius 2 is 2.00 bits per heavy atom. The smallest absolute Gasteiger partial charge is 0.411 e. The van der Waals surface area contributed by atoms with Crippen LogP contribution in [0.15, 0.2) is 18.2 Å². The van der Waals surface area contributed by atoms with E-state index < -0.39 is 19.6 Å². The third-order valence-electron chi connectivity index (χ3n) is 2.81. The topological polar surface area (TPSA) is 35.5 Å². The van der Waals surface area contributed by atoms with Gasteiger partial charge in [-0.05, 0) is 30.5 Å². The summed E-state index contributed by atoms with van der Waals surface area (Å²) in [5.74, 6) is 0.388. The van der Waals surface area contributed by atoms with E-state index in [1.165, 1.54) is 0 Å². The maximum Gasteiger partial charge on any atom is 0.411 e. The normalized spacial score (nSPS) is 15.2. The largest absolute Gasteiger partial charge is 0.468 e. The van der Waals surface area contributed by atoms with Crippen molar-refractivity contribution in [3.05, 3.63) is 29.3 Å². The fourth-order valence-corrected chi connectivity index (χ4v) is 1.96. The number of Topliss-reactive ketones (excluding diaryl/α,β-unsaturated/α-hetero) is 1. The van der Waals surface area contributed by atoms with Crippen molar-refractivity contribution in [2.24, 2.45) is 0 Å². The average Bonchev–Trinajstić information content (AvgIpc) is 2.34. The Bertz CT molecular complexity index is 469. The van der Waals surface area contributed by atoms with Crippen LogP contribution in [-0.2, 0) is 11.2 Å². The van der Waals surface area contributed by atoms with Gasteiger partial charge in [0.25, 0.3) is 0 Å². The zero-order chi connectivity index (χ0) is 13.9. The third-order valence-corrected chi connectivity index (χ3v) is 2.81. The lowest BCUT2D eigenvalue weighted by molar-refractivity contribution is -0.186. The summed E-state index contributed by atoms with van der Waals surface area (Å²) in [5.41, 5.74) is 1.55. The Morgan fingerprint density at radius 1 is 1.21 bits per heavy atom. The van der Waals surface area contributed by atoms with Gasteiger partial charge in [0.1, 0.15) is 12.4 Å². The first-order valence-corrected chi connectivity index (χ1v) is 5.89. The lowest BCUT2D eigenvalue weighted by Crippen LogP contribution is -2.19. The summed E-state index contributed by atoms with van der Waals surface area (Å²) in [6.07, 6.45) is -2.19. The molecule has 0 unspecified atom stereocenters. The molecule has 0 amide bonds. The monoisotopic (exact) mass is 274 g/mol. The van der Waals surface area contributed by atoms with Gasteiger partial charge >= 0.3 is 6.18 Å². The SMILES string of the molecule is O=C1CCCc2ccc(OCOCC(F)(F)F)cc21. The highest BCUT2D eigenvalue weighted by atomic mass is 19.4. The molecule has 0 bridgehead atoms. The van der Waals surface area contributed by atoms with Crippen LogP contribution in [0.25, 0.3) is 0 Å². The molecule has 1 aliphatic carbocycles. The quantitative estimate of drug-likeness (QED) is 0.625. The maximum atomic E-state index is 11.8. The molecule has 0 atom stereocenters. The second-order valence-corrected chi connectivity index (χ2v) is 4.32. The van der Waals surface area contributed by atoms with Crippen LogP contribution in [0.2, 0.25) is 0 Å². The van der Waals surface area contributed by atoms with Gasteiger partial charge in [-0.1, -0.05) is 6.07 Å². The summed E-state index contributed by atoms with van der Waals surface area (Å²) < 4.78 is 44.9. The highest BCUT2D eigenvalue weighted by molar-refractivity contribution is 5.98. The van der Waals surface area contributed by atoms with Gasteiger partial charge in [0, 0.05) is 12.0 Å². The Hall–Kier alpha value is -1.56. The first kappa shape index (κ1) is 13.9. The second kappa shape index (κ2) is 5.61. The number of benzene rings is 1. The van der Waals surface area contributed by atoms with Gasteiger partial charge in [-0.3, -0.25) is 4.79 Å². The van der Waals surface area contributed by atoms with E-state index in [0.29, 0.717) is 17.7 Å². The summed E-state index contributed by atoms with van der Waals surface area (Å²) >= 11 is 0. The molecule has 1 aromatic rings. The number of halogens is 3. The Labute approximate surface area is 108 Å². The lowest BCUT2D eigenvalue weighted by Gasteiger charge is -2.16. The molecule has 3 nitrogen and oxygen atoms in total. The highest BCUT2D eigenvalue weighted by Gasteiger charge is 2.27. The van der Waals surface area contributed by atoms with Gasteiger partial charge in [0.05, 0.1) is 0 Å². The highest BCUT2D eigenvalue weighted by Crippen LogP contribution is 2.25. The summed E-state index contributed by atoms with van der Waals surface area (Å²) in [4.78, 5) is 11.7. The van der Waals surface area contributed by atoms with Gasteiger partial charge in [-0.2, -0.15) is 13.2 Å². The van der Waals surface area contributed by atoms with Crippen LogP contribution >= 0.6 is 0 Å². The van der Waals surface area contributed by atoms with E-state index in [1.54, 1.807) is 18.2 Å². The molecule has 19 heavy (non-hydrogen) atoms. The van der Waals surface area contributed by atoms with Gasteiger partial charge in [0.2, 0.25) is 0 Å². The Morgan fingerprint density at radius 3 is 2.74 bits per heavy atom. The van der Waals surface area contributed by atoms with Crippen LogP contribution in [0.4, 0.5) is 13.2 Å². The molecular weight excluding hydrogens is 261 g/mol. The number of hydrogen-bond donors (Lipinski definition) is 0. The van der Waals surface area contributed by atoms with E-state index in [4.69, 9.17) is 4.74 Å². The number of ether oxygens (including phenoxy) is 2. The van der Waals surface area contributed by atoms with Crippen molar-refractivity contribution in [3.63, 3.8) is 0 Å². The fourth-order valence-electron chi connectivity index (χ4n) is 1.96. The Balaban J connectivity index is 1.91. The Kier molecular flexibility index (Phi) is 4.09. The summed E-state index contributed by atoms with van der Waals surface area (Å²) in [6.45, 7) is -1.84. The van der Waals surface area contributed by atoms with Crippen LogP contribution in [0.1, 0.15) is 28.8 Å². The molecular formula is C13H13F3O3. The molecule has 0 aromatic heterocycles. The summed E-state index contributed by atoms with van der Waals surface area (Å²) in [5, 5.41) is 0. The maximum absolute atomic E-state index is 11.8. The average molecular weight is 274 g/mol. The van der Waals surface area contributed by atoms with Crippen molar-refractivity contribution in [2.75, 3.05) is 13.4 Å². The molecule has 6 heteroatoms. The van der Waals surface area contributed by atoms with E-state index in [-0.39, 0.29) is 5.78 Å². The number of alkyl halides is 3. The first-order chi connectivity index (χ1) is 8.96. The number of carbonyl (C=O) groups excluding carboxylic acids is 1. The molecule has 0 fully saturated rings. The van der Waals surface area contributed by atoms with Gasteiger partial charge in [-0.15, -0.1) is 0 Å². The van der Waals surface area contributed by atoms with E-state index >= 15 is 0 Å². The minimum Gasteiger partial charge on any atom is -0.468 e. The van der Waals surface area contributed by atoms with Crippen molar-refractivity contribution in [3.8, 4) is 5.75 Å². The predicted octanol–water partition coefficient (Wildman–Crippen LogP) is 3.12. The zero-order valence-electron chi connectivity index (χ0n) is 10.1. The standard InChI is InChI=1S/C13H13F3O3/c14-13(15,16)7-18-8-19-10-5-4-9-2-1-3-12(17)11(9)6-10/h4-6H,1-3,7-8H2. The van der Waals surface area contributed by atoms with Crippen LogP contribution < -0.4 is 4.74 Å². The zero-order valence-corrected chi connectivity index (χ0v) is 10.1. The predicted molar refractivity (Wildman–Crippen MR) is 61.2 cm³/mol. The molecule has 1 aromatic carbocycles. The second-order valence-electron chi connectivity index (χ2n) is 4.32. The molecule has 0 N–H and O–H groups in total. The van der Waals surface area contributed by atoms with Crippen LogP contribution in [0.5, 0.6) is 5.75 Å². The van der Waals surface area contributed by atoms with E-state index in [0.717, 1.165) is 18.4 Å². The summed E-state index contributed by atoms with van der Waals surface area (Å²) in [7, 11) is 0. The van der Waals surface area contributed by atoms with E-state index in [2.05, 4.69) is 4.74 Å². The van der Waals surface area contributed by atoms with Crippen LogP contribution in [0, 0.1) is 0 Å². The lowest BCUT2D eigenvalue weighted by atomic mass is 9.91. The molecule has 0 heterocycles. The number of ketones is 1. The first-order valence-electron chi connectivity index (χ1n) is 5.89. The van der Waals surface area contributed by atoms with E-state index in [9.17, 15) is 18.0 Å². The fraction of sp³-hybridized carbons (Fsp3) is 0.462. The van der Waals surface area contributed by atoms with E-state index in [1.807, 2.05) is 0 Å². The molecule has 0 aliphatic heterocycles. The van der Waals surface area contributed by atoms with Crippen molar-refractivity contribution < 1.29 is 27.4 Å².